The van der Waals surface area contributed by atoms with E-state index >= 15 is 0 Å². The fourth-order valence-electron chi connectivity index (χ4n) is 1.47. The first-order valence-electron chi connectivity index (χ1n) is 4.28. The Bertz CT molecular complexity index is 246. The molecule has 0 amide bonds. The quantitative estimate of drug-likeness (QED) is 0.750. The van der Waals surface area contributed by atoms with Crippen LogP contribution in [0.3, 0.4) is 0 Å². The van der Waals surface area contributed by atoms with Crippen LogP contribution in [0.2, 0.25) is 0 Å². The van der Waals surface area contributed by atoms with Crippen molar-refractivity contribution in [1.82, 2.24) is 0 Å². The normalized spacial score (nSPS) is 16.1. The Morgan fingerprint density at radius 1 is 1.58 bits per heavy atom. The second-order valence-corrected chi connectivity index (χ2v) is 4.22. The van der Waals surface area contributed by atoms with E-state index in [2.05, 4.69) is 6.07 Å². The van der Waals surface area contributed by atoms with Gasteiger partial charge in [0.25, 0.3) is 0 Å². The zero-order chi connectivity index (χ0) is 8.39. The first-order valence-corrected chi connectivity index (χ1v) is 5.10. The van der Waals surface area contributed by atoms with Crippen LogP contribution in [-0.4, -0.2) is 13.2 Å². The van der Waals surface area contributed by atoms with Crippen LogP contribution in [0.15, 0.2) is 6.07 Å². The summed E-state index contributed by atoms with van der Waals surface area (Å²) in [6.07, 6.45) is 2.10. The van der Waals surface area contributed by atoms with Gasteiger partial charge >= 0.3 is 0 Å². The van der Waals surface area contributed by atoms with Gasteiger partial charge in [-0.2, -0.15) is 0 Å². The summed E-state index contributed by atoms with van der Waals surface area (Å²) >= 11 is 1.90. The van der Waals surface area contributed by atoms with Gasteiger partial charge in [0.05, 0.1) is 13.2 Å². The monoisotopic (exact) mass is 183 g/mol. The van der Waals surface area contributed by atoms with Gasteiger partial charge in [-0.1, -0.05) is 0 Å². The smallest absolute Gasteiger partial charge is 0.0727 e. The highest BCUT2D eigenvalue weighted by Gasteiger charge is 2.12. The Morgan fingerprint density at radius 3 is 3.25 bits per heavy atom. The molecule has 0 atom stereocenters. The lowest BCUT2D eigenvalue weighted by molar-refractivity contribution is 0.112. The maximum absolute atomic E-state index is 5.49. The molecule has 0 spiro atoms. The summed E-state index contributed by atoms with van der Waals surface area (Å²) in [5.41, 5.74) is 6.88. The SMILES string of the molecule is NCCc1cc2c(s1)CCOC2. The van der Waals surface area contributed by atoms with Crippen LogP contribution < -0.4 is 5.73 Å². The fourth-order valence-corrected chi connectivity index (χ4v) is 2.65. The molecule has 66 valence electrons. The maximum atomic E-state index is 5.49. The van der Waals surface area contributed by atoms with Gasteiger partial charge in [-0.05, 0) is 24.6 Å². The molecule has 0 saturated carbocycles. The lowest BCUT2D eigenvalue weighted by atomic mass is 10.2. The van der Waals surface area contributed by atoms with Gasteiger partial charge in [0.15, 0.2) is 0 Å². The zero-order valence-corrected chi connectivity index (χ0v) is 7.82. The average molecular weight is 183 g/mol. The molecule has 3 heteroatoms. The highest BCUT2D eigenvalue weighted by molar-refractivity contribution is 7.12. The number of rotatable bonds is 2. The Hall–Kier alpha value is -0.380. The molecule has 1 aromatic heterocycles. The number of ether oxygens (including phenoxy) is 1. The molecule has 0 bridgehead atoms. The van der Waals surface area contributed by atoms with Crippen LogP contribution in [0.25, 0.3) is 0 Å². The maximum Gasteiger partial charge on any atom is 0.0727 e. The summed E-state index contributed by atoms with van der Waals surface area (Å²) in [6.45, 7) is 2.44. The standard InChI is InChI=1S/C9H13NOS/c10-3-1-8-5-7-6-11-4-2-9(7)12-8/h5H,1-4,6,10H2. The summed E-state index contributed by atoms with van der Waals surface area (Å²) in [4.78, 5) is 2.91. The molecule has 2 heterocycles. The fraction of sp³-hybridized carbons (Fsp3) is 0.556. The zero-order valence-electron chi connectivity index (χ0n) is 7.01. The van der Waals surface area contributed by atoms with E-state index in [1.807, 2.05) is 11.3 Å². The van der Waals surface area contributed by atoms with E-state index in [0.29, 0.717) is 0 Å². The van der Waals surface area contributed by atoms with Crippen molar-refractivity contribution in [3.8, 4) is 0 Å². The molecule has 1 aliphatic rings. The van der Waals surface area contributed by atoms with E-state index in [0.717, 1.165) is 32.6 Å². The molecule has 0 unspecified atom stereocenters. The molecule has 1 aliphatic heterocycles. The summed E-state index contributed by atoms with van der Waals surface area (Å²) in [6, 6.07) is 2.24. The lowest BCUT2D eigenvalue weighted by Gasteiger charge is -2.10. The van der Waals surface area contributed by atoms with Crippen LogP contribution in [0.5, 0.6) is 0 Å². The summed E-state index contributed by atoms with van der Waals surface area (Å²) in [5.74, 6) is 0. The van der Waals surface area contributed by atoms with Crippen LogP contribution in [-0.2, 0) is 24.2 Å². The first-order chi connectivity index (χ1) is 5.90. The van der Waals surface area contributed by atoms with E-state index in [9.17, 15) is 0 Å². The minimum Gasteiger partial charge on any atom is -0.376 e. The molecule has 0 radical (unpaired) electrons. The number of fused-ring (bicyclic) bond motifs is 1. The van der Waals surface area contributed by atoms with E-state index in [4.69, 9.17) is 10.5 Å². The van der Waals surface area contributed by atoms with Crippen molar-refractivity contribution < 1.29 is 4.74 Å². The van der Waals surface area contributed by atoms with Crippen molar-refractivity contribution >= 4 is 11.3 Å². The highest BCUT2D eigenvalue weighted by atomic mass is 32.1. The van der Waals surface area contributed by atoms with Crippen molar-refractivity contribution in [2.45, 2.75) is 19.4 Å². The van der Waals surface area contributed by atoms with Gasteiger partial charge in [-0.25, -0.2) is 0 Å². The third kappa shape index (κ3) is 1.53. The topological polar surface area (TPSA) is 35.2 Å². The van der Waals surface area contributed by atoms with E-state index in [-0.39, 0.29) is 0 Å². The molecule has 12 heavy (non-hydrogen) atoms. The van der Waals surface area contributed by atoms with Crippen molar-refractivity contribution in [1.29, 1.82) is 0 Å². The molecule has 0 aromatic carbocycles. The molecule has 2 N–H and O–H groups in total. The van der Waals surface area contributed by atoms with Gasteiger partial charge < -0.3 is 10.5 Å². The predicted molar refractivity (Wildman–Crippen MR) is 50.4 cm³/mol. The van der Waals surface area contributed by atoms with Gasteiger partial charge in [0, 0.05) is 16.2 Å². The van der Waals surface area contributed by atoms with Crippen molar-refractivity contribution in [2.24, 2.45) is 5.73 Å². The first kappa shape index (κ1) is 8.23. The number of hydrogen-bond donors (Lipinski definition) is 1. The molecule has 0 fully saturated rings. The second-order valence-electron chi connectivity index (χ2n) is 3.00. The third-order valence-electron chi connectivity index (χ3n) is 2.07. The lowest BCUT2D eigenvalue weighted by Crippen LogP contribution is -2.05. The highest BCUT2D eigenvalue weighted by Crippen LogP contribution is 2.26. The molecule has 0 saturated heterocycles. The van der Waals surface area contributed by atoms with Crippen LogP contribution >= 0.6 is 11.3 Å². The van der Waals surface area contributed by atoms with Gasteiger partial charge in [0.2, 0.25) is 0 Å². The minimum atomic E-state index is 0.750. The minimum absolute atomic E-state index is 0.750. The predicted octanol–water partition coefficient (Wildman–Crippen LogP) is 1.32. The number of hydrogen-bond acceptors (Lipinski definition) is 3. The largest absolute Gasteiger partial charge is 0.376 e. The van der Waals surface area contributed by atoms with E-state index < -0.39 is 0 Å². The molecule has 2 rings (SSSR count). The van der Waals surface area contributed by atoms with Crippen molar-refractivity contribution in [2.75, 3.05) is 13.2 Å². The summed E-state index contributed by atoms with van der Waals surface area (Å²) in [5, 5.41) is 0. The van der Waals surface area contributed by atoms with E-state index in [1.165, 1.54) is 15.3 Å². The Balaban J connectivity index is 2.20. The molecule has 2 nitrogen and oxygen atoms in total. The molecular weight excluding hydrogens is 170 g/mol. The molecule has 0 aliphatic carbocycles. The third-order valence-corrected chi connectivity index (χ3v) is 3.37. The van der Waals surface area contributed by atoms with Gasteiger partial charge in [-0.15, -0.1) is 11.3 Å². The van der Waals surface area contributed by atoms with Gasteiger partial charge in [-0.3, -0.25) is 0 Å². The molecule has 1 aromatic rings. The summed E-state index contributed by atoms with van der Waals surface area (Å²) < 4.78 is 5.36. The Kier molecular flexibility index (Phi) is 2.44. The average Bonchev–Trinajstić information content (AvgIpc) is 2.47. The van der Waals surface area contributed by atoms with Crippen molar-refractivity contribution in [3.05, 3.63) is 21.4 Å². The Morgan fingerprint density at radius 2 is 2.50 bits per heavy atom. The molecular formula is C9H13NOS. The van der Waals surface area contributed by atoms with Crippen molar-refractivity contribution in [3.63, 3.8) is 0 Å². The van der Waals surface area contributed by atoms with Crippen LogP contribution in [0.4, 0.5) is 0 Å². The second kappa shape index (κ2) is 3.56. The van der Waals surface area contributed by atoms with E-state index in [1.54, 1.807) is 0 Å². The number of nitrogens with two attached hydrogens (primary N) is 1. The summed E-state index contributed by atoms with van der Waals surface area (Å²) in [7, 11) is 0. The van der Waals surface area contributed by atoms with Crippen LogP contribution in [0.1, 0.15) is 15.3 Å². The van der Waals surface area contributed by atoms with Crippen LogP contribution in [0, 0.1) is 0 Å². The Labute approximate surface area is 76.3 Å². The van der Waals surface area contributed by atoms with Gasteiger partial charge in [0.1, 0.15) is 0 Å². The number of thiophene rings is 1.